The molecule has 0 saturated carbocycles. The molecular formula is C16H28FIN4. The Morgan fingerprint density at radius 1 is 1.18 bits per heavy atom. The van der Waals surface area contributed by atoms with Gasteiger partial charge in [0.2, 0.25) is 0 Å². The van der Waals surface area contributed by atoms with E-state index in [9.17, 15) is 4.39 Å². The molecule has 0 radical (unpaired) electrons. The smallest absolute Gasteiger partial charge is 0.191 e. The Labute approximate surface area is 150 Å². The molecule has 0 aromatic heterocycles. The number of rotatable bonds is 8. The SMILES string of the molecule is CCCCN(C)CCNC(=NC)NCc1ccc(F)cc1.I. The van der Waals surface area contributed by atoms with Crippen LogP contribution in [0.5, 0.6) is 0 Å². The Morgan fingerprint density at radius 3 is 2.45 bits per heavy atom. The molecular weight excluding hydrogens is 394 g/mol. The van der Waals surface area contributed by atoms with Gasteiger partial charge in [-0.25, -0.2) is 4.39 Å². The van der Waals surface area contributed by atoms with Gasteiger partial charge in [-0.3, -0.25) is 4.99 Å². The summed E-state index contributed by atoms with van der Waals surface area (Å²) < 4.78 is 12.8. The van der Waals surface area contributed by atoms with Crippen LogP contribution >= 0.6 is 24.0 Å². The summed E-state index contributed by atoms with van der Waals surface area (Å²) in [6.07, 6.45) is 2.45. The first-order chi connectivity index (χ1) is 10.2. The highest BCUT2D eigenvalue weighted by molar-refractivity contribution is 14.0. The van der Waals surface area contributed by atoms with Crippen LogP contribution in [0.1, 0.15) is 25.3 Å². The van der Waals surface area contributed by atoms with Gasteiger partial charge in [-0.15, -0.1) is 24.0 Å². The third-order valence-electron chi connectivity index (χ3n) is 3.28. The van der Waals surface area contributed by atoms with Gasteiger partial charge in [0, 0.05) is 26.7 Å². The van der Waals surface area contributed by atoms with E-state index in [4.69, 9.17) is 0 Å². The van der Waals surface area contributed by atoms with Crippen molar-refractivity contribution in [3.8, 4) is 0 Å². The maximum absolute atomic E-state index is 12.8. The summed E-state index contributed by atoms with van der Waals surface area (Å²) in [5.74, 6) is 0.555. The molecule has 0 spiro atoms. The number of guanidine groups is 1. The van der Waals surface area contributed by atoms with Crippen molar-refractivity contribution >= 4 is 29.9 Å². The van der Waals surface area contributed by atoms with Gasteiger partial charge in [0.1, 0.15) is 5.82 Å². The average Bonchev–Trinajstić information content (AvgIpc) is 2.50. The number of hydrogen-bond acceptors (Lipinski definition) is 2. The Bertz CT molecular complexity index is 423. The van der Waals surface area contributed by atoms with Crippen LogP contribution in [0.3, 0.4) is 0 Å². The Balaban J connectivity index is 0.00000441. The van der Waals surface area contributed by atoms with Gasteiger partial charge < -0.3 is 15.5 Å². The number of benzene rings is 1. The minimum Gasteiger partial charge on any atom is -0.355 e. The van der Waals surface area contributed by atoms with Crippen LogP contribution in [0.15, 0.2) is 29.3 Å². The Morgan fingerprint density at radius 2 is 1.86 bits per heavy atom. The molecule has 6 heteroatoms. The van der Waals surface area contributed by atoms with E-state index in [1.165, 1.54) is 25.0 Å². The van der Waals surface area contributed by atoms with E-state index in [-0.39, 0.29) is 29.8 Å². The largest absolute Gasteiger partial charge is 0.355 e. The lowest BCUT2D eigenvalue weighted by molar-refractivity contribution is 0.332. The summed E-state index contributed by atoms with van der Waals surface area (Å²) in [5, 5.41) is 6.50. The van der Waals surface area contributed by atoms with E-state index >= 15 is 0 Å². The van der Waals surface area contributed by atoms with Crippen LogP contribution < -0.4 is 10.6 Å². The van der Waals surface area contributed by atoms with Crippen LogP contribution in [0.2, 0.25) is 0 Å². The van der Waals surface area contributed by atoms with Crippen molar-refractivity contribution in [2.24, 2.45) is 4.99 Å². The Hall–Kier alpha value is -0.890. The lowest BCUT2D eigenvalue weighted by Gasteiger charge is -2.18. The summed E-state index contributed by atoms with van der Waals surface area (Å²) in [7, 11) is 3.88. The molecule has 4 nitrogen and oxygen atoms in total. The fraction of sp³-hybridized carbons (Fsp3) is 0.562. The van der Waals surface area contributed by atoms with E-state index in [0.29, 0.717) is 6.54 Å². The topological polar surface area (TPSA) is 39.7 Å². The maximum Gasteiger partial charge on any atom is 0.191 e. The highest BCUT2D eigenvalue weighted by atomic mass is 127. The van der Waals surface area contributed by atoms with Gasteiger partial charge in [-0.1, -0.05) is 25.5 Å². The maximum atomic E-state index is 12.8. The summed E-state index contributed by atoms with van der Waals surface area (Å²) >= 11 is 0. The molecule has 0 fully saturated rings. The van der Waals surface area contributed by atoms with Crippen LogP contribution in [0, 0.1) is 5.82 Å². The highest BCUT2D eigenvalue weighted by Gasteiger charge is 2.00. The standard InChI is InChI=1S/C16H27FN4.HI/c1-4-5-11-21(3)12-10-19-16(18-2)20-13-14-6-8-15(17)9-7-14;/h6-9H,4-5,10-13H2,1-3H3,(H2,18,19,20);1H. The zero-order valence-electron chi connectivity index (χ0n) is 13.7. The van der Waals surface area contributed by atoms with Gasteiger partial charge in [0.15, 0.2) is 5.96 Å². The van der Waals surface area contributed by atoms with Crippen molar-refractivity contribution in [3.05, 3.63) is 35.6 Å². The van der Waals surface area contributed by atoms with E-state index in [0.717, 1.165) is 31.2 Å². The van der Waals surface area contributed by atoms with Gasteiger partial charge in [-0.05, 0) is 37.7 Å². The second-order valence-corrected chi connectivity index (χ2v) is 5.14. The molecule has 0 bridgehead atoms. The van der Waals surface area contributed by atoms with Crippen molar-refractivity contribution in [1.29, 1.82) is 0 Å². The minimum atomic E-state index is -0.212. The van der Waals surface area contributed by atoms with Crippen molar-refractivity contribution in [2.75, 3.05) is 33.7 Å². The van der Waals surface area contributed by atoms with E-state index in [2.05, 4.69) is 34.5 Å². The van der Waals surface area contributed by atoms with Crippen molar-refractivity contribution in [1.82, 2.24) is 15.5 Å². The van der Waals surface area contributed by atoms with Crippen molar-refractivity contribution < 1.29 is 4.39 Å². The summed E-state index contributed by atoms with van der Waals surface area (Å²) in [6, 6.07) is 6.48. The molecule has 1 aromatic rings. The van der Waals surface area contributed by atoms with Gasteiger partial charge >= 0.3 is 0 Å². The molecule has 1 aromatic carbocycles. The molecule has 0 aliphatic heterocycles. The normalized spacial score (nSPS) is 11.2. The van der Waals surface area contributed by atoms with Gasteiger partial charge in [0.25, 0.3) is 0 Å². The van der Waals surface area contributed by atoms with E-state index < -0.39 is 0 Å². The molecule has 2 N–H and O–H groups in total. The first kappa shape index (κ1) is 21.1. The van der Waals surface area contributed by atoms with Crippen molar-refractivity contribution in [3.63, 3.8) is 0 Å². The monoisotopic (exact) mass is 422 g/mol. The third-order valence-corrected chi connectivity index (χ3v) is 3.28. The number of nitrogens with zero attached hydrogens (tertiary/aromatic N) is 2. The molecule has 126 valence electrons. The van der Waals surface area contributed by atoms with Gasteiger partial charge in [0.05, 0.1) is 0 Å². The lowest BCUT2D eigenvalue weighted by Crippen LogP contribution is -2.40. The lowest BCUT2D eigenvalue weighted by atomic mass is 10.2. The number of halogens is 2. The number of unbranched alkanes of at least 4 members (excludes halogenated alkanes) is 1. The molecule has 1 rings (SSSR count). The molecule has 0 atom stereocenters. The first-order valence-corrected chi connectivity index (χ1v) is 7.53. The molecule has 22 heavy (non-hydrogen) atoms. The molecule has 0 aliphatic rings. The van der Waals surface area contributed by atoms with Crippen molar-refractivity contribution in [2.45, 2.75) is 26.3 Å². The number of nitrogens with one attached hydrogen (secondary N) is 2. The van der Waals surface area contributed by atoms with Gasteiger partial charge in [-0.2, -0.15) is 0 Å². The molecule has 0 saturated heterocycles. The minimum absolute atomic E-state index is 0. The first-order valence-electron chi connectivity index (χ1n) is 7.53. The zero-order valence-corrected chi connectivity index (χ0v) is 16.1. The number of likely N-dealkylation sites (N-methyl/N-ethyl adjacent to an activating group) is 1. The van der Waals surface area contributed by atoms with Crippen LogP contribution in [-0.4, -0.2) is 44.6 Å². The Kier molecular flexibility index (Phi) is 12.1. The molecule has 0 amide bonds. The summed E-state index contributed by atoms with van der Waals surface area (Å²) in [6.45, 7) is 5.79. The fourth-order valence-corrected chi connectivity index (χ4v) is 1.91. The molecule has 0 heterocycles. The molecule has 0 unspecified atom stereocenters. The second-order valence-electron chi connectivity index (χ2n) is 5.14. The second kappa shape index (κ2) is 12.6. The van der Waals surface area contributed by atoms with Crippen LogP contribution in [0.4, 0.5) is 4.39 Å². The highest BCUT2D eigenvalue weighted by Crippen LogP contribution is 2.01. The predicted molar refractivity (Wildman–Crippen MR) is 102 cm³/mol. The van der Waals surface area contributed by atoms with Crippen LogP contribution in [-0.2, 0) is 6.54 Å². The molecule has 0 aliphatic carbocycles. The predicted octanol–water partition coefficient (Wildman–Crippen LogP) is 2.84. The summed E-state index contributed by atoms with van der Waals surface area (Å²) in [5.41, 5.74) is 1.03. The summed E-state index contributed by atoms with van der Waals surface area (Å²) in [4.78, 5) is 6.49. The number of aliphatic imine (C=N–C) groups is 1. The third kappa shape index (κ3) is 9.19. The quantitative estimate of drug-likeness (QED) is 0.385. The number of hydrogen-bond donors (Lipinski definition) is 2. The zero-order chi connectivity index (χ0) is 15.5. The van der Waals surface area contributed by atoms with E-state index in [1.807, 2.05) is 0 Å². The fourth-order valence-electron chi connectivity index (χ4n) is 1.91. The average molecular weight is 422 g/mol. The van der Waals surface area contributed by atoms with E-state index in [1.54, 1.807) is 19.2 Å². The van der Waals surface area contributed by atoms with Crippen LogP contribution in [0.25, 0.3) is 0 Å².